The number of nitrogens with zero attached hydrogens (tertiary/aromatic N) is 1. The summed E-state index contributed by atoms with van der Waals surface area (Å²) in [5.74, 6) is -0.172. The molecule has 6 heteroatoms. The number of fused-ring (bicyclic) bond motifs is 3. The second-order valence-corrected chi connectivity index (χ2v) is 10.0. The van der Waals surface area contributed by atoms with Crippen LogP contribution in [0, 0.1) is 0 Å². The van der Waals surface area contributed by atoms with Crippen LogP contribution in [0.2, 0.25) is 0 Å². The molecule has 2 amide bonds. The third kappa shape index (κ3) is 4.51. The maximum Gasteiger partial charge on any atom is 0.408 e. The molecule has 0 spiro atoms. The van der Waals surface area contributed by atoms with Crippen LogP contribution in [-0.4, -0.2) is 40.4 Å². The zero-order valence-corrected chi connectivity index (χ0v) is 19.4. The Kier molecular flexibility index (Phi) is 5.76. The Labute approximate surface area is 189 Å². The topological polar surface area (TPSA) is 67.9 Å². The molecular weight excluding hydrogens is 404 g/mol. The standard InChI is InChI=1S/C26H32N2O4/c1-25(2,3)32-24(30)27-20(15-17-11-7-6-8-12-17)23(29)28-22-19-14-10-9-13-18(19)16-21(22)31-26(28,4)5/h6-14,20-22H,15-16H2,1-5H3,(H,27,30)/t20?,21-,22+/m1/s1. The maximum atomic E-state index is 14.0. The molecule has 1 heterocycles. The van der Waals surface area contributed by atoms with Gasteiger partial charge in [0.25, 0.3) is 0 Å². The van der Waals surface area contributed by atoms with Crippen molar-refractivity contribution < 1.29 is 19.1 Å². The molecule has 170 valence electrons. The van der Waals surface area contributed by atoms with Crippen LogP contribution < -0.4 is 5.32 Å². The Morgan fingerprint density at radius 3 is 2.47 bits per heavy atom. The number of hydrogen-bond acceptors (Lipinski definition) is 4. The number of hydrogen-bond donors (Lipinski definition) is 1. The average Bonchev–Trinajstić information content (AvgIpc) is 3.16. The molecule has 1 aliphatic carbocycles. The monoisotopic (exact) mass is 436 g/mol. The summed E-state index contributed by atoms with van der Waals surface area (Å²) in [6.45, 7) is 9.24. The molecule has 2 aliphatic rings. The second kappa shape index (κ2) is 8.24. The quantitative estimate of drug-likeness (QED) is 0.772. The molecule has 1 saturated heterocycles. The van der Waals surface area contributed by atoms with Crippen molar-refractivity contribution in [2.75, 3.05) is 0 Å². The largest absolute Gasteiger partial charge is 0.444 e. The van der Waals surface area contributed by atoms with E-state index in [1.165, 1.54) is 5.56 Å². The fourth-order valence-electron chi connectivity index (χ4n) is 4.78. The zero-order valence-electron chi connectivity index (χ0n) is 19.4. The van der Waals surface area contributed by atoms with Crippen LogP contribution in [0.25, 0.3) is 0 Å². The molecule has 0 saturated carbocycles. The molecule has 1 N–H and O–H groups in total. The summed E-state index contributed by atoms with van der Waals surface area (Å²) in [4.78, 5) is 28.4. The second-order valence-electron chi connectivity index (χ2n) is 10.0. The molecule has 0 radical (unpaired) electrons. The molecule has 2 aromatic rings. The van der Waals surface area contributed by atoms with E-state index in [0.717, 1.165) is 17.5 Å². The molecule has 4 rings (SSSR count). The van der Waals surface area contributed by atoms with Crippen molar-refractivity contribution in [3.63, 3.8) is 0 Å². The third-order valence-corrected chi connectivity index (χ3v) is 5.95. The first-order valence-electron chi connectivity index (χ1n) is 11.2. The van der Waals surface area contributed by atoms with Gasteiger partial charge in [-0.05, 0) is 51.3 Å². The van der Waals surface area contributed by atoms with Crippen LogP contribution >= 0.6 is 0 Å². The van der Waals surface area contributed by atoms with E-state index in [9.17, 15) is 9.59 Å². The van der Waals surface area contributed by atoms with Gasteiger partial charge in [-0.15, -0.1) is 0 Å². The lowest BCUT2D eigenvalue weighted by molar-refractivity contribution is -0.150. The highest BCUT2D eigenvalue weighted by Gasteiger charge is 2.54. The number of benzene rings is 2. The van der Waals surface area contributed by atoms with Crippen molar-refractivity contribution in [1.29, 1.82) is 0 Å². The number of carbonyl (C=O) groups is 2. The first-order chi connectivity index (χ1) is 15.0. The summed E-state index contributed by atoms with van der Waals surface area (Å²) in [7, 11) is 0. The average molecular weight is 437 g/mol. The van der Waals surface area contributed by atoms with E-state index in [1.54, 1.807) is 20.8 Å². The van der Waals surface area contributed by atoms with Crippen molar-refractivity contribution in [1.82, 2.24) is 10.2 Å². The molecule has 2 aromatic carbocycles. The highest BCUT2D eigenvalue weighted by atomic mass is 16.6. The molecular formula is C26H32N2O4. The third-order valence-electron chi connectivity index (χ3n) is 5.95. The Morgan fingerprint density at radius 2 is 1.78 bits per heavy atom. The van der Waals surface area contributed by atoms with E-state index >= 15 is 0 Å². The van der Waals surface area contributed by atoms with Gasteiger partial charge in [0.15, 0.2) is 0 Å². The van der Waals surface area contributed by atoms with E-state index in [0.29, 0.717) is 6.42 Å². The highest BCUT2D eigenvalue weighted by Crippen LogP contribution is 2.48. The first kappa shape index (κ1) is 22.3. The summed E-state index contributed by atoms with van der Waals surface area (Å²) < 4.78 is 11.8. The Hall–Kier alpha value is -2.86. The molecule has 1 fully saturated rings. The zero-order chi connectivity index (χ0) is 23.1. The van der Waals surface area contributed by atoms with Gasteiger partial charge in [-0.3, -0.25) is 4.79 Å². The Morgan fingerprint density at radius 1 is 1.12 bits per heavy atom. The van der Waals surface area contributed by atoms with Gasteiger partial charge < -0.3 is 19.7 Å². The van der Waals surface area contributed by atoms with Crippen molar-refractivity contribution >= 4 is 12.0 Å². The predicted molar refractivity (Wildman–Crippen MR) is 122 cm³/mol. The minimum Gasteiger partial charge on any atom is -0.444 e. The van der Waals surface area contributed by atoms with Gasteiger partial charge in [0.1, 0.15) is 17.4 Å². The molecule has 6 nitrogen and oxygen atoms in total. The van der Waals surface area contributed by atoms with Gasteiger partial charge >= 0.3 is 6.09 Å². The van der Waals surface area contributed by atoms with Crippen molar-refractivity contribution in [2.45, 2.75) is 77.0 Å². The summed E-state index contributed by atoms with van der Waals surface area (Å²) in [6.07, 6.45) is 0.444. The maximum absolute atomic E-state index is 14.0. The van der Waals surface area contributed by atoms with Crippen molar-refractivity contribution in [3.05, 3.63) is 71.3 Å². The van der Waals surface area contributed by atoms with Crippen molar-refractivity contribution in [3.8, 4) is 0 Å². The lowest BCUT2D eigenvalue weighted by Gasteiger charge is -2.36. The lowest BCUT2D eigenvalue weighted by Crippen LogP contribution is -2.55. The fourth-order valence-corrected chi connectivity index (χ4v) is 4.78. The van der Waals surface area contributed by atoms with Crippen molar-refractivity contribution in [2.24, 2.45) is 0 Å². The molecule has 1 unspecified atom stereocenters. The van der Waals surface area contributed by atoms with Crippen LogP contribution in [0.4, 0.5) is 4.79 Å². The smallest absolute Gasteiger partial charge is 0.408 e. The molecule has 0 aromatic heterocycles. The lowest BCUT2D eigenvalue weighted by atomic mass is 10.0. The first-order valence-corrected chi connectivity index (χ1v) is 11.2. The number of ether oxygens (including phenoxy) is 2. The van der Waals surface area contributed by atoms with E-state index < -0.39 is 23.5 Å². The van der Waals surface area contributed by atoms with E-state index in [-0.39, 0.29) is 18.1 Å². The summed E-state index contributed by atoms with van der Waals surface area (Å²) in [5.41, 5.74) is 1.84. The summed E-state index contributed by atoms with van der Waals surface area (Å²) in [5, 5.41) is 2.83. The van der Waals surface area contributed by atoms with Gasteiger partial charge in [-0.1, -0.05) is 54.6 Å². The van der Waals surface area contributed by atoms with E-state index in [1.807, 2.05) is 61.2 Å². The molecule has 0 bridgehead atoms. The number of alkyl carbamates (subject to hydrolysis) is 1. The molecule has 32 heavy (non-hydrogen) atoms. The van der Waals surface area contributed by atoms with Crippen LogP contribution in [0.3, 0.4) is 0 Å². The van der Waals surface area contributed by atoms with Crippen LogP contribution in [0.15, 0.2) is 54.6 Å². The normalized spacial score (nSPS) is 22.1. The minimum absolute atomic E-state index is 0.0924. The minimum atomic E-state index is -0.787. The van der Waals surface area contributed by atoms with Gasteiger partial charge in [0.05, 0.1) is 12.1 Å². The van der Waals surface area contributed by atoms with Gasteiger partial charge in [0, 0.05) is 12.8 Å². The van der Waals surface area contributed by atoms with Crippen LogP contribution in [-0.2, 0) is 27.1 Å². The van der Waals surface area contributed by atoms with Gasteiger partial charge in [-0.2, -0.15) is 0 Å². The molecule has 3 atom stereocenters. The van der Waals surface area contributed by atoms with E-state index in [4.69, 9.17) is 9.47 Å². The summed E-state index contributed by atoms with van der Waals surface area (Å²) in [6, 6.07) is 16.9. The SMILES string of the molecule is CC(C)(C)OC(=O)NC(Cc1ccccc1)C(=O)N1[C@H]2c3ccccc3C[C@H]2OC1(C)C. The predicted octanol–water partition coefficient (Wildman–Crippen LogP) is 4.38. The number of nitrogens with one attached hydrogen (secondary N) is 1. The van der Waals surface area contributed by atoms with Crippen LogP contribution in [0.1, 0.15) is 57.4 Å². The Bertz CT molecular complexity index is 996. The van der Waals surface area contributed by atoms with Crippen LogP contribution in [0.5, 0.6) is 0 Å². The number of amides is 2. The van der Waals surface area contributed by atoms with Gasteiger partial charge in [0.2, 0.25) is 5.91 Å². The number of carbonyl (C=O) groups excluding carboxylic acids is 2. The fraction of sp³-hybridized carbons (Fsp3) is 0.462. The van der Waals surface area contributed by atoms with Gasteiger partial charge in [-0.25, -0.2) is 4.79 Å². The van der Waals surface area contributed by atoms with E-state index in [2.05, 4.69) is 17.4 Å². The Balaban J connectivity index is 1.65. The summed E-state index contributed by atoms with van der Waals surface area (Å²) >= 11 is 0. The highest BCUT2D eigenvalue weighted by molar-refractivity contribution is 5.87. The molecule has 1 aliphatic heterocycles. The number of rotatable bonds is 4.